The largest absolute Gasteiger partial charge is 0.479 e. The first-order valence-electron chi connectivity index (χ1n) is 4.46. The van der Waals surface area contributed by atoms with Gasteiger partial charge >= 0.3 is 12.6 Å². The number of hydrogen-bond donors (Lipinski definition) is 2. The molecule has 0 amide bonds. The average molecular weight is 261 g/mol. The minimum absolute atomic E-state index is 0.317. The number of ether oxygens (including phenoxy) is 1. The van der Waals surface area contributed by atoms with Crippen LogP contribution in [0.25, 0.3) is 0 Å². The van der Waals surface area contributed by atoms with Crippen LogP contribution in [0.4, 0.5) is 13.2 Å². The number of carboxylic acid groups (broad SMARTS) is 1. The molecule has 0 aliphatic carbocycles. The number of alkyl halides is 2. The molecule has 1 unspecified atom stereocenters. The molecule has 0 saturated carbocycles. The summed E-state index contributed by atoms with van der Waals surface area (Å²) >= 11 is 0. The highest BCUT2D eigenvalue weighted by molar-refractivity contribution is 5.74. The van der Waals surface area contributed by atoms with E-state index in [0.717, 1.165) is 6.07 Å². The van der Waals surface area contributed by atoms with Gasteiger partial charge in [-0.25, -0.2) is 9.18 Å². The smallest absolute Gasteiger partial charge is 0.387 e. The van der Waals surface area contributed by atoms with E-state index in [0.29, 0.717) is 6.07 Å². The molecule has 8 heteroatoms. The molecule has 0 aliphatic rings. The van der Waals surface area contributed by atoms with Crippen molar-refractivity contribution in [2.45, 2.75) is 12.7 Å². The minimum atomic E-state index is -3.34. The van der Waals surface area contributed by atoms with Crippen LogP contribution in [0.3, 0.4) is 0 Å². The topological polar surface area (TPSA) is 90.5 Å². The van der Waals surface area contributed by atoms with Gasteiger partial charge in [-0.3, -0.25) is 0 Å². The molecular formula is C10H6F3NO4. The Balaban J connectivity index is 3.34. The molecule has 5 nitrogen and oxygen atoms in total. The van der Waals surface area contributed by atoms with Gasteiger partial charge in [-0.2, -0.15) is 14.0 Å². The quantitative estimate of drug-likeness (QED) is 0.855. The van der Waals surface area contributed by atoms with Crippen LogP contribution in [0.1, 0.15) is 17.2 Å². The summed E-state index contributed by atoms with van der Waals surface area (Å²) < 4.78 is 41.3. The number of aliphatic hydroxyl groups is 1. The van der Waals surface area contributed by atoms with Crippen molar-refractivity contribution >= 4 is 5.97 Å². The Kier molecular flexibility index (Phi) is 4.12. The van der Waals surface area contributed by atoms with Gasteiger partial charge < -0.3 is 14.9 Å². The second-order valence-corrected chi connectivity index (χ2v) is 3.11. The normalized spacial score (nSPS) is 12.0. The van der Waals surface area contributed by atoms with Crippen LogP contribution in [0.2, 0.25) is 0 Å². The van der Waals surface area contributed by atoms with Crippen LogP contribution in [-0.4, -0.2) is 22.8 Å². The number of rotatable bonds is 4. The number of aliphatic hydroxyl groups excluding tert-OH is 1. The summed E-state index contributed by atoms with van der Waals surface area (Å²) in [6.07, 6.45) is -2.28. The van der Waals surface area contributed by atoms with E-state index in [1.54, 1.807) is 0 Å². The van der Waals surface area contributed by atoms with Crippen molar-refractivity contribution < 1.29 is 32.9 Å². The predicted octanol–water partition coefficient (Wildman–Crippen LogP) is 1.42. The van der Waals surface area contributed by atoms with Gasteiger partial charge in [0.15, 0.2) is 17.7 Å². The third-order valence-corrected chi connectivity index (χ3v) is 1.94. The molecule has 1 atom stereocenters. The third kappa shape index (κ3) is 2.89. The number of nitrogens with zero attached hydrogens (tertiary/aromatic N) is 1. The Morgan fingerprint density at radius 2 is 2.06 bits per heavy atom. The molecule has 0 fully saturated rings. The Labute approximate surface area is 98.6 Å². The number of benzene rings is 1. The summed E-state index contributed by atoms with van der Waals surface area (Å²) in [5, 5.41) is 26.3. The molecule has 0 radical (unpaired) electrons. The number of halogens is 3. The molecule has 0 aliphatic heterocycles. The maximum absolute atomic E-state index is 13.6. The van der Waals surface area contributed by atoms with Gasteiger partial charge in [0, 0.05) is 11.6 Å². The SMILES string of the molecule is N#Cc1cc(OC(F)F)c(F)c(C(O)C(=O)O)c1. The molecule has 1 aromatic carbocycles. The zero-order valence-electron chi connectivity index (χ0n) is 8.60. The van der Waals surface area contributed by atoms with E-state index in [1.165, 1.54) is 6.07 Å². The molecule has 2 N–H and O–H groups in total. The molecule has 18 heavy (non-hydrogen) atoms. The van der Waals surface area contributed by atoms with Crippen molar-refractivity contribution in [3.63, 3.8) is 0 Å². The van der Waals surface area contributed by atoms with Crippen LogP contribution >= 0.6 is 0 Å². The lowest BCUT2D eigenvalue weighted by Gasteiger charge is -2.12. The van der Waals surface area contributed by atoms with E-state index in [-0.39, 0.29) is 5.56 Å². The Morgan fingerprint density at radius 1 is 1.44 bits per heavy atom. The second-order valence-electron chi connectivity index (χ2n) is 3.11. The van der Waals surface area contributed by atoms with Crippen molar-refractivity contribution in [3.8, 4) is 11.8 Å². The summed E-state index contributed by atoms with van der Waals surface area (Å²) in [6.45, 7) is -3.34. The van der Waals surface area contributed by atoms with Crippen LogP contribution < -0.4 is 4.74 Å². The van der Waals surface area contributed by atoms with E-state index in [9.17, 15) is 18.0 Å². The van der Waals surface area contributed by atoms with Crippen LogP contribution in [0.5, 0.6) is 5.75 Å². The Morgan fingerprint density at radius 3 is 2.50 bits per heavy atom. The fourth-order valence-corrected chi connectivity index (χ4v) is 1.20. The monoisotopic (exact) mass is 261 g/mol. The summed E-state index contributed by atoms with van der Waals surface area (Å²) in [7, 11) is 0. The van der Waals surface area contributed by atoms with Crippen LogP contribution in [0.15, 0.2) is 12.1 Å². The summed E-state index contributed by atoms with van der Waals surface area (Å²) in [6, 6.07) is 2.93. The van der Waals surface area contributed by atoms with Gasteiger partial charge in [-0.1, -0.05) is 0 Å². The standard InChI is InChI=1S/C10H6F3NO4/c11-7-5(8(15)9(16)17)1-4(3-14)2-6(7)18-10(12)13/h1-2,8,10,15H,(H,16,17). The van der Waals surface area contributed by atoms with Crippen molar-refractivity contribution in [3.05, 3.63) is 29.1 Å². The molecule has 0 heterocycles. The molecule has 0 aromatic heterocycles. The molecule has 1 rings (SSSR count). The summed E-state index contributed by atoms with van der Waals surface area (Å²) in [4.78, 5) is 10.5. The van der Waals surface area contributed by atoms with Crippen LogP contribution in [-0.2, 0) is 4.79 Å². The van der Waals surface area contributed by atoms with Gasteiger partial charge in [0.05, 0.1) is 11.6 Å². The fourth-order valence-electron chi connectivity index (χ4n) is 1.20. The van der Waals surface area contributed by atoms with Gasteiger partial charge in [-0.15, -0.1) is 0 Å². The maximum Gasteiger partial charge on any atom is 0.387 e. The summed E-state index contributed by atoms with van der Waals surface area (Å²) in [5.41, 5.74) is -1.14. The number of aliphatic carboxylic acids is 1. The first-order valence-corrected chi connectivity index (χ1v) is 4.46. The first kappa shape index (κ1) is 13.8. The fraction of sp³-hybridized carbons (Fsp3) is 0.200. The van der Waals surface area contributed by atoms with Crippen molar-refractivity contribution in [2.75, 3.05) is 0 Å². The van der Waals surface area contributed by atoms with E-state index in [4.69, 9.17) is 15.5 Å². The number of nitriles is 1. The lowest BCUT2D eigenvalue weighted by Crippen LogP contribution is -2.14. The van der Waals surface area contributed by atoms with E-state index >= 15 is 0 Å². The highest BCUT2D eigenvalue weighted by atomic mass is 19.3. The predicted molar refractivity (Wildman–Crippen MR) is 50.3 cm³/mol. The van der Waals surface area contributed by atoms with E-state index in [2.05, 4.69) is 4.74 Å². The molecule has 0 bridgehead atoms. The van der Waals surface area contributed by atoms with Crippen molar-refractivity contribution in [1.29, 1.82) is 5.26 Å². The van der Waals surface area contributed by atoms with Crippen LogP contribution in [0, 0.1) is 17.1 Å². The minimum Gasteiger partial charge on any atom is -0.479 e. The van der Waals surface area contributed by atoms with Gasteiger partial charge in [0.1, 0.15) is 0 Å². The molecule has 1 aromatic rings. The highest BCUT2D eigenvalue weighted by Crippen LogP contribution is 2.28. The molecular weight excluding hydrogens is 255 g/mol. The maximum atomic E-state index is 13.6. The Hall–Kier alpha value is -2.27. The van der Waals surface area contributed by atoms with Crippen molar-refractivity contribution in [2.24, 2.45) is 0 Å². The zero-order chi connectivity index (χ0) is 13.9. The molecule has 0 saturated heterocycles. The van der Waals surface area contributed by atoms with Crippen molar-refractivity contribution in [1.82, 2.24) is 0 Å². The number of carboxylic acids is 1. The Bertz CT molecular complexity index is 513. The average Bonchev–Trinajstić information content (AvgIpc) is 2.30. The molecule has 96 valence electrons. The summed E-state index contributed by atoms with van der Waals surface area (Å²) in [5.74, 6) is -4.24. The lowest BCUT2D eigenvalue weighted by molar-refractivity contribution is -0.147. The molecule has 0 spiro atoms. The zero-order valence-corrected chi connectivity index (χ0v) is 8.60. The van der Waals surface area contributed by atoms with Gasteiger partial charge in [0.2, 0.25) is 0 Å². The highest BCUT2D eigenvalue weighted by Gasteiger charge is 2.24. The lowest BCUT2D eigenvalue weighted by atomic mass is 10.0. The van der Waals surface area contributed by atoms with E-state index in [1.807, 2.05) is 0 Å². The number of carbonyl (C=O) groups is 1. The first-order chi connectivity index (χ1) is 8.36. The van der Waals surface area contributed by atoms with E-state index < -0.39 is 35.8 Å². The number of hydrogen-bond acceptors (Lipinski definition) is 4. The van der Waals surface area contributed by atoms with Gasteiger partial charge in [0.25, 0.3) is 0 Å². The van der Waals surface area contributed by atoms with Gasteiger partial charge in [-0.05, 0) is 6.07 Å². The second kappa shape index (κ2) is 5.37. The third-order valence-electron chi connectivity index (χ3n) is 1.94.